The van der Waals surface area contributed by atoms with Crippen molar-refractivity contribution in [3.8, 4) is 0 Å². The number of nitrogens with one attached hydrogen (secondary N) is 1. The van der Waals surface area contributed by atoms with Gasteiger partial charge < -0.3 is 0 Å². The molecule has 0 radical (unpaired) electrons. The maximum Gasteiger partial charge on any atom is 0.335 e. The maximum atomic E-state index is 12.7. The number of hydrogen-bond acceptors (Lipinski definition) is 5. The standard InChI is InChI=1S/C15H13N3O5/c1-6(19)17-5-9(12(20)16-15(17)23)18-13(21)10-7-2-3-8(4-7)11(10)14(18)22/h2-3,5,7-8,10-11H,4H2,1H3,(H,16,20,23)/t7-,8+,10?,11?. The molecule has 3 aliphatic rings. The van der Waals surface area contributed by atoms with E-state index >= 15 is 0 Å². The summed E-state index contributed by atoms with van der Waals surface area (Å²) in [7, 11) is 0. The van der Waals surface area contributed by atoms with E-state index in [2.05, 4.69) is 0 Å². The molecule has 2 bridgehead atoms. The predicted octanol–water partition coefficient (Wildman–Crippen LogP) is -0.492. The Morgan fingerprint density at radius 3 is 2.17 bits per heavy atom. The Morgan fingerprint density at radius 1 is 1.09 bits per heavy atom. The molecular weight excluding hydrogens is 302 g/mol. The van der Waals surface area contributed by atoms with Gasteiger partial charge >= 0.3 is 5.69 Å². The lowest BCUT2D eigenvalue weighted by Crippen LogP contribution is -2.41. The third kappa shape index (κ3) is 1.68. The van der Waals surface area contributed by atoms with Gasteiger partial charge in [0.25, 0.3) is 5.56 Å². The Kier molecular flexibility index (Phi) is 2.64. The first-order valence-corrected chi connectivity index (χ1v) is 7.33. The van der Waals surface area contributed by atoms with E-state index in [1.54, 1.807) is 0 Å². The van der Waals surface area contributed by atoms with Gasteiger partial charge in [-0.1, -0.05) is 12.2 Å². The summed E-state index contributed by atoms with van der Waals surface area (Å²) in [5.41, 5.74) is -2.02. The number of amides is 2. The second-order valence-electron chi connectivity index (χ2n) is 6.17. The summed E-state index contributed by atoms with van der Waals surface area (Å²) in [4.78, 5) is 63.2. The minimum absolute atomic E-state index is 0.0178. The SMILES string of the molecule is CC(=O)n1cc(N2C(=O)C3C(C2=O)[C@H]2C=C[C@@H]3C2)c(=O)[nH]c1=O. The zero-order valence-corrected chi connectivity index (χ0v) is 12.2. The normalized spacial score (nSPS) is 31.1. The van der Waals surface area contributed by atoms with Crippen molar-refractivity contribution in [1.29, 1.82) is 0 Å². The summed E-state index contributed by atoms with van der Waals surface area (Å²) in [5.74, 6) is -2.35. The topological polar surface area (TPSA) is 109 Å². The molecule has 8 heteroatoms. The van der Waals surface area contributed by atoms with Crippen LogP contribution in [0.1, 0.15) is 18.1 Å². The zero-order chi connectivity index (χ0) is 16.5. The Morgan fingerprint density at radius 2 is 1.65 bits per heavy atom. The van der Waals surface area contributed by atoms with Crippen LogP contribution in [0.15, 0.2) is 27.9 Å². The van der Waals surface area contributed by atoms with E-state index in [-0.39, 0.29) is 17.5 Å². The van der Waals surface area contributed by atoms with Gasteiger partial charge in [0.15, 0.2) is 0 Å². The molecule has 2 fully saturated rings. The minimum atomic E-state index is -0.896. The quantitative estimate of drug-likeness (QED) is 0.555. The van der Waals surface area contributed by atoms with Crippen LogP contribution in [0.3, 0.4) is 0 Å². The zero-order valence-electron chi connectivity index (χ0n) is 12.2. The van der Waals surface area contributed by atoms with Crippen molar-refractivity contribution in [3.05, 3.63) is 39.2 Å². The molecule has 1 saturated carbocycles. The molecule has 23 heavy (non-hydrogen) atoms. The minimum Gasteiger partial charge on any atom is -0.274 e. The number of H-pyrrole nitrogens is 1. The third-order valence-corrected chi connectivity index (χ3v) is 4.97. The first kappa shape index (κ1) is 13.9. The first-order chi connectivity index (χ1) is 10.9. The third-order valence-electron chi connectivity index (χ3n) is 4.97. The second kappa shape index (κ2) is 4.37. The molecule has 118 valence electrons. The van der Waals surface area contributed by atoms with Crippen molar-refractivity contribution in [2.75, 3.05) is 4.90 Å². The van der Waals surface area contributed by atoms with Crippen LogP contribution in [0.4, 0.5) is 5.69 Å². The summed E-state index contributed by atoms with van der Waals surface area (Å²) >= 11 is 0. The summed E-state index contributed by atoms with van der Waals surface area (Å²) in [6, 6.07) is 0. The number of carbonyl (C=O) groups excluding carboxylic acids is 3. The van der Waals surface area contributed by atoms with Gasteiger partial charge in [0.05, 0.1) is 11.8 Å². The Bertz CT molecular complexity index is 878. The predicted molar refractivity (Wildman–Crippen MR) is 77.8 cm³/mol. The number of allylic oxidation sites excluding steroid dienone is 2. The van der Waals surface area contributed by atoms with Crippen LogP contribution in [0.5, 0.6) is 0 Å². The average Bonchev–Trinajstić information content (AvgIpc) is 3.14. The first-order valence-electron chi connectivity index (χ1n) is 7.33. The molecule has 2 heterocycles. The number of anilines is 1. The Balaban J connectivity index is 1.84. The number of imide groups is 1. The molecule has 2 amide bonds. The van der Waals surface area contributed by atoms with E-state index in [0.29, 0.717) is 4.57 Å². The van der Waals surface area contributed by atoms with Crippen LogP contribution in [-0.4, -0.2) is 27.3 Å². The van der Waals surface area contributed by atoms with E-state index in [1.807, 2.05) is 17.1 Å². The van der Waals surface area contributed by atoms with Crippen LogP contribution in [0, 0.1) is 23.7 Å². The Labute approximate surface area is 129 Å². The summed E-state index contributed by atoms with van der Waals surface area (Å²) in [6.07, 6.45) is 5.64. The van der Waals surface area contributed by atoms with Crippen LogP contribution in [-0.2, 0) is 9.59 Å². The molecule has 2 unspecified atom stereocenters. The highest BCUT2D eigenvalue weighted by Crippen LogP contribution is 2.52. The molecule has 4 rings (SSSR count). The molecule has 8 nitrogen and oxygen atoms in total. The fraction of sp³-hybridized carbons (Fsp3) is 0.400. The van der Waals surface area contributed by atoms with Crippen molar-refractivity contribution in [1.82, 2.24) is 9.55 Å². The van der Waals surface area contributed by atoms with Crippen LogP contribution in [0.25, 0.3) is 0 Å². The molecule has 1 aliphatic heterocycles. The van der Waals surface area contributed by atoms with E-state index in [4.69, 9.17) is 0 Å². The van der Waals surface area contributed by atoms with Crippen molar-refractivity contribution >= 4 is 23.4 Å². The van der Waals surface area contributed by atoms with Gasteiger partial charge in [0.2, 0.25) is 17.7 Å². The van der Waals surface area contributed by atoms with Gasteiger partial charge in [0.1, 0.15) is 5.69 Å². The molecule has 4 atom stereocenters. The van der Waals surface area contributed by atoms with Gasteiger partial charge in [-0.25, -0.2) is 14.3 Å². The lowest BCUT2D eigenvalue weighted by atomic mass is 9.85. The number of aromatic amines is 1. The van der Waals surface area contributed by atoms with Gasteiger partial charge in [-0.15, -0.1) is 0 Å². The molecule has 1 saturated heterocycles. The molecule has 2 aliphatic carbocycles. The van der Waals surface area contributed by atoms with E-state index in [9.17, 15) is 24.0 Å². The van der Waals surface area contributed by atoms with Crippen molar-refractivity contribution in [2.45, 2.75) is 13.3 Å². The Hall–Kier alpha value is -2.77. The molecule has 1 N–H and O–H groups in total. The summed E-state index contributed by atoms with van der Waals surface area (Å²) in [5, 5.41) is 0. The average molecular weight is 315 g/mol. The molecule has 1 aromatic rings. The van der Waals surface area contributed by atoms with E-state index in [1.165, 1.54) is 0 Å². The highest BCUT2D eigenvalue weighted by molar-refractivity contribution is 6.22. The van der Waals surface area contributed by atoms with Crippen molar-refractivity contribution in [3.63, 3.8) is 0 Å². The number of hydrogen-bond donors (Lipinski definition) is 1. The lowest BCUT2D eigenvalue weighted by Gasteiger charge is -2.16. The van der Waals surface area contributed by atoms with Crippen LogP contribution in [0.2, 0.25) is 0 Å². The van der Waals surface area contributed by atoms with Gasteiger partial charge in [-0.2, -0.15) is 0 Å². The molecule has 0 spiro atoms. The number of carbonyl (C=O) groups is 3. The van der Waals surface area contributed by atoms with E-state index < -0.39 is 40.8 Å². The maximum absolute atomic E-state index is 12.7. The largest absolute Gasteiger partial charge is 0.335 e. The van der Waals surface area contributed by atoms with Crippen LogP contribution >= 0.6 is 0 Å². The highest BCUT2D eigenvalue weighted by atomic mass is 16.2. The monoisotopic (exact) mass is 315 g/mol. The number of aromatic nitrogens is 2. The van der Waals surface area contributed by atoms with Crippen molar-refractivity contribution < 1.29 is 14.4 Å². The lowest BCUT2D eigenvalue weighted by molar-refractivity contribution is -0.123. The fourth-order valence-corrected chi connectivity index (χ4v) is 3.99. The fourth-order valence-electron chi connectivity index (χ4n) is 3.99. The summed E-state index contributed by atoms with van der Waals surface area (Å²) in [6.45, 7) is 1.15. The highest BCUT2D eigenvalue weighted by Gasteiger charge is 2.60. The molecular formula is C15H13N3O5. The number of fused-ring (bicyclic) bond motifs is 5. The van der Waals surface area contributed by atoms with Gasteiger partial charge in [0, 0.05) is 13.1 Å². The van der Waals surface area contributed by atoms with Gasteiger partial charge in [-0.05, 0) is 18.3 Å². The molecule has 0 aromatic carbocycles. The number of nitrogens with zero attached hydrogens (tertiary/aromatic N) is 2. The van der Waals surface area contributed by atoms with Crippen LogP contribution < -0.4 is 16.1 Å². The molecule has 1 aromatic heterocycles. The smallest absolute Gasteiger partial charge is 0.274 e. The number of rotatable bonds is 1. The van der Waals surface area contributed by atoms with Gasteiger partial charge in [-0.3, -0.25) is 24.2 Å². The summed E-state index contributed by atoms with van der Waals surface area (Å²) < 4.78 is 0.679. The second-order valence-corrected chi connectivity index (χ2v) is 6.17. The van der Waals surface area contributed by atoms with Crippen molar-refractivity contribution in [2.24, 2.45) is 23.7 Å². The van der Waals surface area contributed by atoms with E-state index in [0.717, 1.165) is 24.4 Å².